The Balaban J connectivity index is 2.30. The van der Waals surface area contributed by atoms with Crippen LogP contribution in [0.3, 0.4) is 0 Å². The number of rotatable bonds is 3. The van der Waals surface area contributed by atoms with Crippen LogP contribution in [0.5, 0.6) is 0 Å². The minimum Gasteiger partial charge on any atom is -0.271 e. The van der Waals surface area contributed by atoms with Crippen LogP contribution in [-0.2, 0) is 6.18 Å². The van der Waals surface area contributed by atoms with Gasteiger partial charge in [0.25, 0.3) is 0 Å². The van der Waals surface area contributed by atoms with E-state index in [9.17, 15) is 13.2 Å². The molecule has 1 aromatic carbocycles. The maximum absolute atomic E-state index is 12.5. The van der Waals surface area contributed by atoms with E-state index in [-0.39, 0.29) is 0 Å². The molecule has 100 valence electrons. The summed E-state index contributed by atoms with van der Waals surface area (Å²) < 4.78 is 37.4. The van der Waals surface area contributed by atoms with Crippen LogP contribution in [0.15, 0.2) is 42.9 Å². The fourth-order valence-electron chi connectivity index (χ4n) is 1.68. The lowest BCUT2D eigenvalue weighted by atomic mass is 10.0. The van der Waals surface area contributed by atoms with Crippen molar-refractivity contribution in [2.24, 2.45) is 5.84 Å². The number of hydrazine groups is 1. The molecule has 0 radical (unpaired) electrons. The van der Waals surface area contributed by atoms with Gasteiger partial charge in [-0.05, 0) is 17.7 Å². The van der Waals surface area contributed by atoms with Gasteiger partial charge in [-0.3, -0.25) is 15.8 Å². The number of alkyl halides is 3. The normalized spacial score (nSPS) is 13.3. The molecule has 7 heteroatoms. The van der Waals surface area contributed by atoms with Gasteiger partial charge >= 0.3 is 6.18 Å². The third kappa shape index (κ3) is 3.07. The van der Waals surface area contributed by atoms with Crippen molar-refractivity contribution in [2.75, 3.05) is 0 Å². The van der Waals surface area contributed by atoms with Crippen LogP contribution < -0.4 is 11.3 Å². The van der Waals surface area contributed by atoms with E-state index in [1.807, 2.05) is 0 Å². The SMILES string of the molecule is NNC(c1ccc(C(F)(F)F)cc1)c1cnccn1. The predicted octanol–water partition coefficient (Wildman–Crippen LogP) is 2.05. The van der Waals surface area contributed by atoms with Crippen molar-refractivity contribution in [3.8, 4) is 0 Å². The van der Waals surface area contributed by atoms with Gasteiger partial charge in [-0.1, -0.05) is 12.1 Å². The highest BCUT2D eigenvalue weighted by atomic mass is 19.4. The van der Waals surface area contributed by atoms with E-state index in [2.05, 4.69) is 15.4 Å². The Morgan fingerprint density at radius 1 is 1.11 bits per heavy atom. The monoisotopic (exact) mass is 268 g/mol. The van der Waals surface area contributed by atoms with Crippen LogP contribution in [0.2, 0.25) is 0 Å². The summed E-state index contributed by atoms with van der Waals surface area (Å²) in [7, 11) is 0. The van der Waals surface area contributed by atoms with E-state index >= 15 is 0 Å². The molecule has 0 aliphatic carbocycles. The standard InChI is InChI=1S/C12H11F3N4/c13-12(14,15)9-3-1-8(2-4-9)11(19-16)10-7-17-5-6-18-10/h1-7,11,19H,16H2. The summed E-state index contributed by atoms with van der Waals surface area (Å²) in [6.07, 6.45) is 0.145. The summed E-state index contributed by atoms with van der Waals surface area (Å²) >= 11 is 0. The maximum Gasteiger partial charge on any atom is 0.416 e. The highest BCUT2D eigenvalue weighted by Crippen LogP contribution is 2.30. The third-order valence-corrected chi connectivity index (χ3v) is 2.62. The number of nitrogens with zero attached hydrogens (tertiary/aromatic N) is 2. The van der Waals surface area contributed by atoms with Crippen LogP contribution in [0, 0.1) is 0 Å². The molecule has 1 heterocycles. The number of hydrogen-bond acceptors (Lipinski definition) is 4. The van der Waals surface area contributed by atoms with Crippen LogP contribution >= 0.6 is 0 Å². The fourth-order valence-corrected chi connectivity index (χ4v) is 1.68. The average molecular weight is 268 g/mol. The molecule has 2 aromatic rings. The molecule has 3 N–H and O–H groups in total. The molecule has 1 atom stereocenters. The van der Waals surface area contributed by atoms with Crippen LogP contribution in [0.25, 0.3) is 0 Å². The van der Waals surface area contributed by atoms with Gasteiger partial charge in [0, 0.05) is 12.4 Å². The molecule has 0 aliphatic rings. The van der Waals surface area contributed by atoms with E-state index in [0.29, 0.717) is 11.3 Å². The highest BCUT2D eigenvalue weighted by Gasteiger charge is 2.30. The minimum atomic E-state index is -4.35. The Bertz CT molecular complexity index is 525. The van der Waals surface area contributed by atoms with Gasteiger partial charge in [-0.25, -0.2) is 5.43 Å². The van der Waals surface area contributed by atoms with E-state index in [1.54, 1.807) is 0 Å². The Morgan fingerprint density at radius 3 is 2.26 bits per heavy atom. The summed E-state index contributed by atoms with van der Waals surface area (Å²) in [5.41, 5.74) is 2.92. The molecule has 0 bridgehead atoms. The molecular formula is C12H11F3N4. The molecule has 0 amide bonds. The first-order chi connectivity index (χ1) is 9.02. The number of aromatic nitrogens is 2. The molecular weight excluding hydrogens is 257 g/mol. The molecule has 0 fully saturated rings. The average Bonchev–Trinajstić information content (AvgIpc) is 2.40. The second kappa shape index (κ2) is 5.33. The lowest BCUT2D eigenvalue weighted by molar-refractivity contribution is -0.137. The van der Waals surface area contributed by atoms with Gasteiger partial charge in [0.05, 0.1) is 23.5 Å². The molecule has 0 spiro atoms. The van der Waals surface area contributed by atoms with Gasteiger partial charge in [0.1, 0.15) is 0 Å². The second-order valence-electron chi connectivity index (χ2n) is 3.85. The smallest absolute Gasteiger partial charge is 0.271 e. The van der Waals surface area contributed by atoms with Gasteiger partial charge < -0.3 is 0 Å². The van der Waals surface area contributed by atoms with Gasteiger partial charge in [-0.2, -0.15) is 13.2 Å². The van der Waals surface area contributed by atoms with Crippen molar-refractivity contribution >= 4 is 0 Å². The zero-order valence-corrected chi connectivity index (χ0v) is 9.72. The maximum atomic E-state index is 12.5. The topological polar surface area (TPSA) is 63.8 Å². The molecule has 0 saturated heterocycles. The Kier molecular flexibility index (Phi) is 3.77. The predicted molar refractivity (Wildman–Crippen MR) is 62.6 cm³/mol. The van der Waals surface area contributed by atoms with Crippen LogP contribution in [0.4, 0.5) is 13.2 Å². The first-order valence-electron chi connectivity index (χ1n) is 5.41. The molecule has 4 nitrogen and oxygen atoms in total. The van der Waals surface area contributed by atoms with E-state index in [0.717, 1.165) is 12.1 Å². The Morgan fingerprint density at radius 2 is 1.79 bits per heavy atom. The quantitative estimate of drug-likeness (QED) is 0.660. The zero-order valence-electron chi connectivity index (χ0n) is 9.72. The molecule has 1 aromatic heterocycles. The molecule has 0 saturated carbocycles. The van der Waals surface area contributed by atoms with Crippen molar-refractivity contribution in [3.05, 3.63) is 59.7 Å². The molecule has 2 rings (SSSR count). The Labute approximate surface area is 107 Å². The fraction of sp³-hybridized carbons (Fsp3) is 0.167. The molecule has 0 aliphatic heterocycles. The largest absolute Gasteiger partial charge is 0.416 e. The lowest BCUT2D eigenvalue weighted by Gasteiger charge is -2.16. The van der Waals surface area contributed by atoms with E-state index in [1.165, 1.54) is 30.7 Å². The summed E-state index contributed by atoms with van der Waals surface area (Å²) in [5.74, 6) is 5.42. The summed E-state index contributed by atoms with van der Waals surface area (Å²) in [4.78, 5) is 7.97. The van der Waals surface area contributed by atoms with Crippen molar-refractivity contribution in [2.45, 2.75) is 12.2 Å². The summed E-state index contributed by atoms with van der Waals surface area (Å²) in [6.45, 7) is 0. The van der Waals surface area contributed by atoms with Crippen molar-refractivity contribution in [1.29, 1.82) is 0 Å². The zero-order chi connectivity index (χ0) is 13.9. The minimum absolute atomic E-state index is 0.504. The highest BCUT2D eigenvalue weighted by molar-refractivity contribution is 5.30. The lowest BCUT2D eigenvalue weighted by Crippen LogP contribution is -2.29. The molecule has 19 heavy (non-hydrogen) atoms. The third-order valence-electron chi connectivity index (χ3n) is 2.62. The van der Waals surface area contributed by atoms with Gasteiger partial charge in [-0.15, -0.1) is 0 Å². The summed E-state index contributed by atoms with van der Waals surface area (Å²) in [6, 6.07) is 4.24. The van der Waals surface area contributed by atoms with Crippen molar-refractivity contribution in [1.82, 2.24) is 15.4 Å². The van der Waals surface area contributed by atoms with Crippen LogP contribution in [0.1, 0.15) is 22.9 Å². The first kappa shape index (κ1) is 13.4. The van der Waals surface area contributed by atoms with Crippen molar-refractivity contribution < 1.29 is 13.2 Å². The second-order valence-corrected chi connectivity index (χ2v) is 3.85. The number of hydrogen-bond donors (Lipinski definition) is 2. The molecule has 1 unspecified atom stereocenters. The first-order valence-corrected chi connectivity index (χ1v) is 5.41. The van der Waals surface area contributed by atoms with Crippen LogP contribution in [-0.4, -0.2) is 9.97 Å². The van der Waals surface area contributed by atoms with Crippen molar-refractivity contribution in [3.63, 3.8) is 0 Å². The summed E-state index contributed by atoms with van der Waals surface area (Å²) in [5, 5.41) is 0. The van der Waals surface area contributed by atoms with E-state index in [4.69, 9.17) is 5.84 Å². The number of halogens is 3. The van der Waals surface area contributed by atoms with E-state index < -0.39 is 17.8 Å². The van der Waals surface area contributed by atoms with Gasteiger partial charge in [0.15, 0.2) is 0 Å². The number of nitrogens with one attached hydrogen (secondary N) is 1. The number of nitrogens with two attached hydrogens (primary N) is 1. The Hall–Kier alpha value is -1.99. The number of benzene rings is 1. The van der Waals surface area contributed by atoms with Gasteiger partial charge in [0.2, 0.25) is 0 Å².